The van der Waals surface area contributed by atoms with Crippen LogP contribution in [0.5, 0.6) is 0 Å². The van der Waals surface area contributed by atoms with E-state index >= 15 is 0 Å². The van der Waals surface area contributed by atoms with E-state index in [1.807, 2.05) is 0 Å². The van der Waals surface area contributed by atoms with Gasteiger partial charge in [-0.2, -0.15) is 0 Å². The van der Waals surface area contributed by atoms with Gasteiger partial charge in [0.25, 0.3) is 0 Å². The first-order valence-electron chi connectivity index (χ1n) is 20.3. The van der Waals surface area contributed by atoms with Gasteiger partial charge in [0.05, 0.1) is 5.69 Å². The Hall–Kier alpha value is -6.64. The van der Waals surface area contributed by atoms with Crippen LogP contribution in [0.15, 0.2) is 158 Å². The van der Waals surface area contributed by atoms with Crippen molar-refractivity contribution in [2.75, 3.05) is 9.80 Å². The molecule has 0 aliphatic rings. The molecule has 8 rings (SSSR count). The Labute approximate surface area is 345 Å². The van der Waals surface area contributed by atoms with Crippen LogP contribution < -0.4 is 9.80 Å². The molecule has 0 N–H and O–H groups in total. The molecule has 0 fully saturated rings. The monoisotopic (exact) mass is 752 g/mol. The molecule has 0 unspecified atom stereocenters. The molecule has 0 radical (unpaired) electrons. The summed E-state index contributed by atoms with van der Waals surface area (Å²) in [5.74, 6) is 0. The van der Waals surface area contributed by atoms with Crippen LogP contribution in [0.2, 0.25) is 0 Å². The van der Waals surface area contributed by atoms with Gasteiger partial charge in [-0.1, -0.05) is 103 Å². The molecule has 0 aromatic heterocycles. The Morgan fingerprint density at radius 2 is 0.672 bits per heavy atom. The third-order valence-electron chi connectivity index (χ3n) is 10.8. The van der Waals surface area contributed by atoms with Crippen LogP contribution >= 0.6 is 0 Å². The minimum absolute atomic E-state index is 1.14. The van der Waals surface area contributed by atoms with Crippen LogP contribution in [-0.2, 0) is 0 Å². The van der Waals surface area contributed by atoms with Crippen molar-refractivity contribution in [1.29, 1.82) is 0 Å². The lowest BCUT2D eigenvalue weighted by Crippen LogP contribution is -2.11. The van der Waals surface area contributed by atoms with Crippen LogP contribution in [0.1, 0.15) is 55.6 Å². The molecule has 8 aromatic rings. The molecule has 0 heterocycles. The Bertz CT molecular complexity index is 2620. The minimum atomic E-state index is 1.14. The lowest BCUT2D eigenvalue weighted by atomic mass is 9.95. The van der Waals surface area contributed by atoms with E-state index in [-0.39, 0.29) is 0 Å². The molecule has 0 amide bonds. The van der Waals surface area contributed by atoms with Crippen molar-refractivity contribution >= 4 is 57.0 Å². The third kappa shape index (κ3) is 8.24. The maximum Gasteiger partial charge on any atom is 0.0540 e. The number of hydrogen-bond acceptors (Lipinski definition) is 2. The topological polar surface area (TPSA) is 6.48 Å². The average molecular weight is 753 g/mol. The van der Waals surface area contributed by atoms with E-state index in [0.29, 0.717) is 0 Å². The van der Waals surface area contributed by atoms with Crippen LogP contribution in [-0.4, -0.2) is 0 Å². The zero-order chi connectivity index (χ0) is 40.5. The van der Waals surface area contributed by atoms with Crippen LogP contribution in [0.25, 0.3) is 34.1 Å². The summed E-state index contributed by atoms with van der Waals surface area (Å²) in [6.45, 7) is 17.4. The molecule has 8 aromatic carbocycles. The highest BCUT2D eigenvalue weighted by Crippen LogP contribution is 2.43. The van der Waals surface area contributed by atoms with E-state index in [4.69, 9.17) is 0 Å². The third-order valence-corrected chi connectivity index (χ3v) is 10.8. The molecule has 2 heteroatoms. The SMILES string of the molecule is Cc1cc(C)cc(N(c2ccc(/C=C/c3ccc(-c4ccc(N(c5cc(C)cc(C)c5)c5cc(C)cc(C)c5)c5ccccc45)cc3)cc2)c2cc(C)cc(C)c2)c1. The molecule has 58 heavy (non-hydrogen) atoms. The lowest BCUT2D eigenvalue weighted by Gasteiger charge is -2.29. The van der Waals surface area contributed by atoms with Crippen molar-refractivity contribution in [1.82, 2.24) is 0 Å². The highest BCUT2D eigenvalue weighted by molar-refractivity contribution is 6.06. The number of fused-ring (bicyclic) bond motifs is 1. The largest absolute Gasteiger partial charge is 0.310 e. The second-order valence-corrected chi connectivity index (χ2v) is 16.3. The Morgan fingerprint density at radius 1 is 0.310 bits per heavy atom. The fraction of sp³-hybridized carbons (Fsp3) is 0.143. The van der Waals surface area contributed by atoms with Crippen molar-refractivity contribution in [3.63, 3.8) is 0 Å². The maximum absolute atomic E-state index is 2.43. The van der Waals surface area contributed by atoms with Gasteiger partial charge in [0.2, 0.25) is 0 Å². The van der Waals surface area contributed by atoms with Gasteiger partial charge in [0.15, 0.2) is 0 Å². The number of nitrogens with zero attached hydrogens (tertiary/aromatic N) is 2. The predicted octanol–water partition coefficient (Wildman–Crippen LogP) is 16.1. The number of aryl methyl sites for hydroxylation is 8. The first kappa shape index (κ1) is 38.2. The van der Waals surface area contributed by atoms with Gasteiger partial charge in [-0.15, -0.1) is 0 Å². The van der Waals surface area contributed by atoms with Gasteiger partial charge < -0.3 is 9.80 Å². The van der Waals surface area contributed by atoms with Crippen molar-refractivity contribution in [2.24, 2.45) is 0 Å². The molecule has 0 atom stereocenters. The van der Waals surface area contributed by atoms with Crippen molar-refractivity contribution < 1.29 is 0 Å². The van der Waals surface area contributed by atoms with E-state index in [2.05, 4.69) is 235 Å². The van der Waals surface area contributed by atoms with Crippen LogP contribution in [0, 0.1) is 55.4 Å². The second kappa shape index (κ2) is 16.1. The van der Waals surface area contributed by atoms with E-state index in [1.54, 1.807) is 0 Å². The highest BCUT2D eigenvalue weighted by Gasteiger charge is 2.19. The highest BCUT2D eigenvalue weighted by atomic mass is 15.1. The average Bonchev–Trinajstić information content (AvgIpc) is 3.17. The quantitative estimate of drug-likeness (QED) is 0.136. The van der Waals surface area contributed by atoms with Gasteiger partial charge in [0.1, 0.15) is 0 Å². The number of anilines is 6. The summed E-state index contributed by atoms with van der Waals surface area (Å²) in [4.78, 5) is 4.80. The molecule has 0 spiro atoms. The zero-order valence-corrected chi connectivity index (χ0v) is 35.1. The molecule has 2 nitrogen and oxygen atoms in total. The van der Waals surface area contributed by atoms with E-state index < -0.39 is 0 Å². The summed E-state index contributed by atoms with van der Waals surface area (Å²) in [6.07, 6.45) is 4.41. The fourth-order valence-corrected chi connectivity index (χ4v) is 8.62. The van der Waals surface area contributed by atoms with Crippen LogP contribution in [0.4, 0.5) is 34.1 Å². The van der Waals surface area contributed by atoms with Gasteiger partial charge in [-0.05, 0) is 194 Å². The van der Waals surface area contributed by atoms with E-state index in [1.165, 1.54) is 94.8 Å². The predicted molar refractivity (Wildman–Crippen MR) is 252 cm³/mol. The first-order chi connectivity index (χ1) is 28.0. The molecular formula is C56H52N2. The van der Waals surface area contributed by atoms with E-state index in [9.17, 15) is 0 Å². The number of benzene rings is 8. The Kier molecular flexibility index (Phi) is 10.6. The minimum Gasteiger partial charge on any atom is -0.310 e. The molecule has 0 saturated carbocycles. The van der Waals surface area contributed by atoms with Crippen LogP contribution in [0.3, 0.4) is 0 Å². The second-order valence-electron chi connectivity index (χ2n) is 16.3. The summed E-state index contributed by atoms with van der Waals surface area (Å²) in [7, 11) is 0. The molecule has 286 valence electrons. The standard InChI is InChI=1S/C56H52N2/c1-37-25-38(2)30-49(29-37)57(50-31-39(3)26-40(4)32-50)48-21-17-46(18-22-48)14-13-45-15-19-47(20-16-45)53-23-24-56(55-12-10-9-11-54(53)55)58(51-33-41(5)27-42(6)34-51)52-35-43(7)28-44(8)36-52/h9-36H,1-8H3/b14-13+. The van der Waals surface area contributed by atoms with Gasteiger partial charge in [-0.25, -0.2) is 0 Å². The van der Waals surface area contributed by atoms with Gasteiger partial charge in [-0.3, -0.25) is 0 Å². The summed E-state index contributed by atoms with van der Waals surface area (Å²) in [5.41, 5.74) is 21.8. The summed E-state index contributed by atoms with van der Waals surface area (Å²) < 4.78 is 0. The molecule has 0 bridgehead atoms. The summed E-state index contributed by atoms with van der Waals surface area (Å²) >= 11 is 0. The Morgan fingerprint density at radius 3 is 1.09 bits per heavy atom. The maximum atomic E-state index is 2.43. The molecule has 0 aliphatic heterocycles. The molecule has 0 aliphatic carbocycles. The number of hydrogen-bond donors (Lipinski definition) is 0. The van der Waals surface area contributed by atoms with Crippen molar-refractivity contribution in [3.05, 3.63) is 213 Å². The molecule has 0 saturated heterocycles. The van der Waals surface area contributed by atoms with Crippen molar-refractivity contribution in [3.8, 4) is 11.1 Å². The van der Waals surface area contributed by atoms with E-state index in [0.717, 1.165) is 16.8 Å². The lowest BCUT2D eigenvalue weighted by molar-refractivity contribution is 1.23. The fourth-order valence-electron chi connectivity index (χ4n) is 8.62. The van der Waals surface area contributed by atoms with Gasteiger partial charge in [0, 0.05) is 33.8 Å². The Balaban J connectivity index is 1.09. The summed E-state index contributed by atoms with van der Waals surface area (Å²) in [5, 5.41) is 2.46. The zero-order valence-electron chi connectivity index (χ0n) is 35.1. The smallest absolute Gasteiger partial charge is 0.0540 e. The normalized spacial score (nSPS) is 11.4. The van der Waals surface area contributed by atoms with Crippen molar-refractivity contribution in [2.45, 2.75) is 55.4 Å². The summed E-state index contributed by atoms with van der Waals surface area (Å²) in [6, 6.07) is 58.5. The first-order valence-corrected chi connectivity index (χ1v) is 20.3. The molecular weight excluding hydrogens is 701 g/mol. The number of rotatable bonds is 9. The van der Waals surface area contributed by atoms with Gasteiger partial charge >= 0.3 is 0 Å².